The standard InChI is InChI=1S/C11H14ClNO5S/c1-7-3-4-8(5-9(7)12)19(17,18)13-6-11(2,16)10(14)15/h3-5,13,16H,6H2,1-2H3,(H,14,15). The van der Waals surface area contributed by atoms with E-state index in [9.17, 15) is 18.3 Å². The average molecular weight is 308 g/mol. The highest BCUT2D eigenvalue weighted by molar-refractivity contribution is 7.89. The molecule has 1 atom stereocenters. The van der Waals surface area contributed by atoms with Crippen molar-refractivity contribution >= 4 is 27.6 Å². The van der Waals surface area contributed by atoms with Gasteiger partial charge < -0.3 is 10.2 Å². The third kappa shape index (κ3) is 3.90. The van der Waals surface area contributed by atoms with E-state index in [-0.39, 0.29) is 9.92 Å². The lowest BCUT2D eigenvalue weighted by atomic mass is 10.1. The Bertz CT molecular complexity index is 597. The number of carbonyl (C=O) groups is 1. The molecule has 0 bridgehead atoms. The minimum Gasteiger partial charge on any atom is -0.479 e. The van der Waals surface area contributed by atoms with Gasteiger partial charge in [0.15, 0.2) is 5.60 Å². The Morgan fingerprint density at radius 2 is 2.05 bits per heavy atom. The van der Waals surface area contributed by atoms with Crippen LogP contribution in [0, 0.1) is 6.92 Å². The van der Waals surface area contributed by atoms with Crippen molar-refractivity contribution in [3.63, 3.8) is 0 Å². The van der Waals surface area contributed by atoms with Crippen molar-refractivity contribution in [1.29, 1.82) is 0 Å². The highest BCUT2D eigenvalue weighted by Gasteiger charge is 2.31. The Hall–Kier alpha value is -1.15. The third-order valence-corrected chi connectivity index (χ3v) is 4.33. The van der Waals surface area contributed by atoms with Crippen LogP contribution < -0.4 is 4.72 Å². The lowest BCUT2D eigenvalue weighted by molar-refractivity contribution is -0.155. The first kappa shape index (κ1) is 15.9. The summed E-state index contributed by atoms with van der Waals surface area (Å²) in [5.41, 5.74) is -1.46. The molecule has 0 saturated heterocycles. The number of hydrogen-bond acceptors (Lipinski definition) is 4. The van der Waals surface area contributed by atoms with Crippen LogP contribution in [0.4, 0.5) is 0 Å². The monoisotopic (exact) mass is 307 g/mol. The third-order valence-electron chi connectivity index (χ3n) is 2.52. The van der Waals surface area contributed by atoms with Crippen molar-refractivity contribution in [2.24, 2.45) is 0 Å². The van der Waals surface area contributed by atoms with E-state index < -0.39 is 28.1 Å². The number of aryl methyl sites for hydroxylation is 1. The predicted molar refractivity (Wildman–Crippen MR) is 69.6 cm³/mol. The molecule has 6 nitrogen and oxygen atoms in total. The Morgan fingerprint density at radius 3 is 2.53 bits per heavy atom. The molecule has 3 N–H and O–H groups in total. The van der Waals surface area contributed by atoms with Crippen molar-refractivity contribution in [2.75, 3.05) is 6.54 Å². The Labute approximate surface area is 116 Å². The van der Waals surface area contributed by atoms with E-state index in [1.54, 1.807) is 6.92 Å². The number of halogens is 1. The van der Waals surface area contributed by atoms with Crippen LogP contribution in [-0.4, -0.2) is 36.7 Å². The highest BCUT2D eigenvalue weighted by atomic mass is 35.5. The first-order chi connectivity index (χ1) is 8.56. The second-order valence-electron chi connectivity index (χ2n) is 4.31. The van der Waals surface area contributed by atoms with E-state index in [0.717, 1.165) is 12.5 Å². The van der Waals surface area contributed by atoms with Crippen LogP contribution in [-0.2, 0) is 14.8 Å². The quantitative estimate of drug-likeness (QED) is 0.745. The predicted octanol–water partition coefficient (Wildman–Crippen LogP) is 0.762. The van der Waals surface area contributed by atoms with Crippen molar-refractivity contribution < 1.29 is 23.4 Å². The number of rotatable bonds is 5. The van der Waals surface area contributed by atoms with Gasteiger partial charge in [-0.25, -0.2) is 17.9 Å². The molecule has 0 aliphatic rings. The lowest BCUT2D eigenvalue weighted by Crippen LogP contribution is -2.46. The molecule has 8 heteroatoms. The van der Waals surface area contributed by atoms with E-state index in [1.807, 2.05) is 4.72 Å². The smallest absolute Gasteiger partial charge is 0.336 e. The van der Waals surface area contributed by atoms with E-state index in [4.69, 9.17) is 16.7 Å². The molecule has 0 aromatic heterocycles. The zero-order valence-electron chi connectivity index (χ0n) is 10.3. The van der Waals surface area contributed by atoms with Gasteiger partial charge in [-0.1, -0.05) is 17.7 Å². The Balaban J connectivity index is 2.93. The summed E-state index contributed by atoms with van der Waals surface area (Å²) in [6, 6.07) is 4.14. The van der Waals surface area contributed by atoms with Crippen LogP contribution >= 0.6 is 11.6 Å². The van der Waals surface area contributed by atoms with E-state index in [0.29, 0.717) is 0 Å². The van der Waals surface area contributed by atoms with Gasteiger partial charge in [-0.15, -0.1) is 0 Å². The molecule has 0 aliphatic carbocycles. The fourth-order valence-corrected chi connectivity index (χ4v) is 2.54. The molecule has 0 heterocycles. The molecule has 1 aromatic carbocycles. The molecule has 19 heavy (non-hydrogen) atoms. The van der Waals surface area contributed by atoms with Gasteiger partial charge in [-0.3, -0.25) is 0 Å². The first-order valence-electron chi connectivity index (χ1n) is 5.28. The number of carboxylic acid groups (broad SMARTS) is 1. The van der Waals surface area contributed by atoms with E-state index in [1.165, 1.54) is 18.2 Å². The molecule has 0 radical (unpaired) electrons. The zero-order valence-corrected chi connectivity index (χ0v) is 11.9. The summed E-state index contributed by atoms with van der Waals surface area (Å²) in [6.45, 7) is 2.08. The summed E-state index contributed by atoms with van der Waals surface area (Å²) < 4.78 is 25.8. The summed E-state index contributed by atoms with van der Waals surface area (Å²) in [6.07, 6.45) is 0. The fraction of sp³-hybridized carbons (Fsp3) is 0.364. The Kier molecular flexibility index (Phi) is 4.57. The number of aliphatic hydroxyl groups is 1. The van der Waals surface area contributed by atoms with Gasteiger partial charge in [0.05, 0.1) is 11.4 Å². The Morgan fingerprint density at radius 1 is 1.47 bits per heavy atom. The average Bonchev–Trinajstić information content (AvgIpc) is 2.30. The molecule has 1 rings (SSSR count). The second-order valence-corrected chi connectivity index (χ2v) is 6.49. The van der Waals surface area contributed by atoms with Gasteiger partial charge in [-0.05, 0) is 31.5 Å². The summed E-state index contributed by atoms with van der Waals surface area (Å²) in [5.74, 6) is -1.52. The van der Waals surface area contributed by atoms with Crippen LogP contribution in [0.5, 0.6) is 0 Å². The van der Waals surface area contributed by atoms with Crippen LogP contribution in [0.2, 0.25) is 5.02 Å². The molecular weight excluding hydrogens is 294 g/mol. The van der Waals surface area contributed by atoms with Gasteiger partial charge in [0, 0.05) is 5.02 Å². The van der Waals surface area contributed by atoms with Gasteiger partial charge in [0.2, 0.25) is 10.0 Å². The van der Waals surface area contributed by atoms with Crippen molar-refractivity contribution in [1.82, 2.24) is 4.72 Å². The maximum absolute atomic E-state index is 11.9. The molecule has 0 aliphatic heterocycles. The highest BCUT2D eigenvalue weighted by Crippen LogP contribution is 2.20. The second kappa shape index (κ2) is 5.46. The van der Waals surface area contributed by atoms with Crippen LogP contribution in [0.25, 0.3) is 0 Å². The summed E-state index contributed by atoms with van der Waals surface area (Å²) in [4.78, 5) is 10.6. The minimum absolute atomic E-state index is 0.0933. The molecule has 0 amide bonds. The van der Waals surface area contributed by atoms with E-state index in [2.05, 4.69) is 0 Å². The summed E-state index contributed by atoms with van der Waals surface area (Å²) in [5, 5.41) is 18.4. The van der Waals surface area contributed by atoms with Gasteiger partial charge in [0.1, 0.15) is 0 Å². The molecule has 0 saturated carbocycles. The van der Waals surface area contributed by atoms with Crippen LogP contribution in [0.3, 0.4) is 0 Å². The normalized spacial score (nSPS) is 14.9. The number of aliphatic carboxylic acids is 1. The summed E-state index contributed by atoms with van der Waals surface area (Å²) >= 11 is 5.82. The fourth-order valence-electron chi connectivity index (χ4n) is 1.14. The maximum Gasteiger partial charge on any atom is 0.336 e. The van der Waals surface area contributed by atoms with Crippen molar-refractivity contribution in [3.05, 3.63) is 28.8 Å². The maximum atomic E-state index is 11.9. The van der Waals surface area contributed by atoms with Crippen molar-refractivity contribution in [3.8, 4) is 0 Å². The largest absolute Gasteiger partial charge is 0.479 e. The molecule has 0 fully saturated rings. The molecule has 106 valence electrons. The van der Waals surface area contributed by atoms with Gasteiger partial charge in [-0.2, -0.15) is 0 Å². The van der Waals surface area contributed by atoms with Gasteiger partial charge >= 0.3 is 5.97 Å². The zero-order chi connectivity index (χ0) is 14.8. The van der Waals surface area contributed by atoms with E-state index >= 15 is 0 Å². The molecule has 0 spiro atoms. The molecule has 1 unspecified atom stereocenters. The first-order valence-corrected chi connectivity index (χ1v) is 7.14. The molecular formula is C11H14ClNO5S. The number of carboxylic acids is 1. The van der Waals surface area contributed by atoms with Crippen LogP contribution in [0.1, 0.15) is 12.5 Å². The number of benzene rings is 1. The lowest BCUT2D eigenvalue weighted by Gasteiger charge is -2.18. The minimum atomic E-state index is -3.92. The SMILES string of the molecule is Cc1ccc(S(=O)(=O)NCC(C)(O)C(=O)O)cc1Cl. The number of sulfonamides is 1. The summed E-state index contributed by atoms with van der Waals surface area (Å²) in [7, 11) is -3.92. The topological polar surface area (TPSA) is 104 Å². The number of hydrogen-bond donors (Lipinski definition) is 3. The van der Waals surface area contributed by atoms with Crippen LogP contribution in [0.15, 0.2) is 23.1 Å². The van der Waals surface area contributed by atoms with Gasteiger partial charge in [0.25, 0.3) is 0 Å². The molecule has 1 aromatic rings. The number of nitrogens with one attached hydrogen (secondary N) is 1. The van der Waals surface area contributed by atoms with Crippen molar-refractivity contribution in [2.45, 2.75) is 24.3 Å².